The van der Waals surface area contributed by atoms with Gasteiger partial charge in [0.25, 0.3) is 0 Å². The number of carbonyl (C=O) groups excluding carboxylic acids is 2. The number of aromatic nitrogens is 1. The molecule has 2 atom stereocenters. The zero-order chi connectivity index (χ0) is 21.8. The fraction of sp³-hybridized carbons (Fsp3) is 0.423. The first-order valence-corrected chi connectivity index (χ1v) is 11.2. The number of hydrogen-bond acceptors (Lipinski definition) is 3. The highest BCUT2D eigenvalue weighted by Crippen LogP contribution is 2.42. The summed E-state index contributed by atoms with van der Waals surface area (Å²) in [5.74, 6) is 1.03. The molecule has 0 spiro atoms. The minimum atomic E-state index is -0.508. The first-order valence-electron chi connectivity index (χ1n) is 11.2. The van der Waals surface area contributed by atoms with Gasteiger partial charge in [-0.3, -0.25) is 14.6 Å². The van der Waals surface area contributed by atoms with E-state index in [-0.39, 0.29) is 17.7 Å². The smallest absolute Gasteiger partial charge is 0.226 e. The lowest BCUT2D eigenvalue weighted by molar-refractivity contribution is -0.141. The van der Waals surface area contributed by atoms with Gasteiger partial charge in [0.05, 0.1) is 5.41 Å². The van der Waals surface area contributed by atoms with Crippen LogP contribution in [0.3, 0.4) is 0 Å². The molecule has 1 aromatic heterocycles. The Morgan fingerprint density at radius 2 is 1.90 bits per heavy atom. The number of nitrogens with zero attached hydrogens (tertiary/aromatic N) is 2. The van der Waals surface area contributed by atoms with Gasteiger partial charge in [-0.2, -0.15) is 0 Å². The average Bonchev–Trinajstić information content (AvgIpc) is 3.54. The Labute approximate surface area is 184 Å². The van der Waals surface area contributed by atoms with E-state index in [1.165, 1.54) is 0 Å². The second kappa shape index (κ2) is 9.04. The molecule has 2 fully saturated rings. The summed E-state index contributed by atoms with van der Waals surface area (Å²) in [5, 5.41) is 3.03. The lowest BCUT2D eigenvalue weighted by atomic mass is 9.72. The number of benzene rings is 1. The predicted octanol–water partition coefficient (Wildman–Crippen LogP) is 3.86. The van der Waals surface area contributed by atoms with Crippen LogP contribution < -0.4 is 5.32 Å². The Morgan fingerprint density at radius 3 is 2.55 bits per heavy atom. The second-order valence-electron chi connectivity index (χ2n) is 9.04. The third kappa shape index (κ3) is 4.71. The molecule has 1 aliphatic carbocycles. The highest BCUT2D eigenvalue weighted by Gasteiger charge is 2.46. The molecule has 1 saturated carbocycles. The number of pyridine rings is 1. The van der Waals surface area contributed by atoms with Crippen molar-refractivity contribution in [1.29, 1.82) is 0 Å². The molecule has 1 saturated heterocycles. The highest BCUT2D eigenvalue weighted by atomic mass is 16.2. The Bertz CT molecular complexity index is 948. The highest BCUT2D eigenvalue weighted by molar-refractivity contribution is 5.85. The van der Waals surface area contributed by atoms with Crippen LogP contribution in [0.5, 0.6) is 0 Å². The van der Waals surface area contributed by atoms with Crippen LogP contribution >= 0.6 is 0 Å². The van der Waals surface area contributed by atoms with E-state index in [0.29, 0.717) is 44.8 Å². The van der Waals surface area contributed by atoms with Crippen LogP contribution in [0.25, 0.3) is 11.1 Å². The van der Waals surface area contributed by atoms with Gasteiger partial charge in [0.1, 0.15) is 0 Å². The quantitative estimate of drug-likeness (QED) is 0.696. The standard InChI is InChI=1S/C26H31N3O2/c1-3-11-28-25(31)26(9-14-29(15-10-26)24(30)23-16-19(23)2)18-20-5-4-6-22(17-20)21-7-12-27-13-8-21/h3-8,12-13,17,19,23H,1,9-11,14-16,18H2,2H3,(H,28,31)/t19-,23+/m1/s1. The van der Waals surface area contributed by atoms with Crippen LogP contribution in [0, 0.1) is 17.3 Å². The maximum absolute atomic E-state index is 13.2. The van der Waals surface area contributed by atoms with E-state index < -0.39 is 5.41 Å². The zero-order valence-electron chi connectivity index (χ0n) is 18.2. The van der Waals surface area contributed by atoms with Crippen molar-refractivity contribution in [2.24, 2.45) is 17.3 Å². The lowest BCUT2D eigenvalue weighted by Crippen LogP contribution is -2.51. The van der Waals surface area contributed by atoms with Gasteiger partial charge in [-0.15, -0.1) is 6.58 Å². The topological polar surface area (TPSA) is 62.3 Å². The molecule has 0 unspecified atom stereocenters. The average molecular weight is 418 g/mol. The lowest BCUT2D eigenvalue weighted by Gasteiger charge is -2.41. The van der Waals surface area contributed by atoms with Gasteiger partial charge in [0.15, 0.2) is 0 Å². The summed E-state index contributed by atoms with van der Waals surface area (Å²) in [4.78, 5) is 32.0. The van der Waals surface area contributed by atoms with Gasteiger partial charge >= 0.3 is 0 Å². The minimum absolute atomic E-state index is 0.0635. The van der Waals surface area contributed by atoms with Gasteiger partial charge in [0, 0.05) is 37.9 Å². The molecule has 0 bridgehead atoms. The summed E-state index contributed by atoms with van der Waals surface area (Å²) < 4.78 is 0. The maximum atomic E-state index is 13.2. The van der Waals surface area contributed by atoms with Crippen molar-refractivity contribution in [3.05, 3.63) is 67.0 Å². The first-order chi connectivity index (χ1) is 15.0. The molecular formula is C26H31N3O2. The van der Waals surface area contributed by atoms with E-state index in [4.69, 9.17) is 0 Å². The zero-order valence-corrected chi connectivity index (χ0v) is 18.2. The Balaban J connectivity index is 1.53. The van der Waals surface area contributed by atoms with Crippen molar-refractivity contribution in [2.45, 2.75) is 32.6 Å². The number of nitrogens with one attached hydrogen (secondary N) is 1. The van der Waals surface area contributed by atoms with Crippen LogP contribution in [0.2, 0.25) is 0 Å². The summed E-state index contributed by atoms with van der Waals surface area (Å²) in [6, 6.07) is 12.4. The number of piperidine rings is 1. The number of likely N-dealkylation sites (tertiary alicyclic amines) is 1. The maximum Gasteiger partial charge on any atom is 0.226 e. The Hall–Kier alpha value is -2.95. The number of amides is 2. The molecular weight excluding hydrogens is 386 g/mol. The third-order valence-electron chi connectivity index (χ3n) is 6.83. The normalized spacial score (nSPS) is 21.9. The van der Waals surface area contributed by atoms with Gasteiger partial charge in [0.2, 0.25) is 11.8 Å². The van der Waals surface area contributed by atoms with Gasteiger partial charge in [-0.25, -0.2) is 0 Å². The fourth-order valence-electron chi connectivity index (χ4n) is 4.69. The third-order valence-corrected chi connectivity index (χ3v) is 6.83. The predicted molar refractivity (Wildman–Crippen MR) is 122 cm³/mol. The molecule has 2 amide bonds. The monoisotopic (exact) mass is 417 g/mol. The molecule has 0 radical (unpaired) electrons. The van der Waals surface area contributed by atoms with Crippen molar-refractivity contribution in [2.75, 3.05) is 19.6 Å². The summed E-state index contributed by atoms with van der Waals surface area (Å²) in [5.41, 5.74) is 2.86. The molecule has 162 valence electrons. The summed E-state index contributed by atoms with van der Waals surface area (Å²) in [6.07, 6.45) is 8.33. The van der Waals surface area contributed by atoms with Crippen molar-refractivity contribution in [3.8, 4) is 11.1 Å². The van der Waals surface area contributed by atoms with E-state index in [0.717, 1.165) is 23.1 Å². The van der Waals surface area contributed by atoms with Gasteiger partial charge in [-0.05, 0) is 60.4 Å². The van der Waals surface area contributed by atoms with Crippen molar-refractivity contribution < 1.29 is 9.59 Å². The Kier molecular flexibility index (Phi) is 6.21. The first kappa shape index (κ1) is 21.3. The molecule has 2 aliphatic rings. The van der Waals surface area contributed by atoms with E-state index in [2.05, 4.69) is 42.0 Å². The van der Waals surface area contributed by atoms with Gasteiger partial charge < -0.3 is 10.2 Å². The SMILES string of the molecule is C=CCNC(=O)C1(Cc2cccc(-c3ccncc3)c2)CCN(C(=O)[C@H]2C[C@H]2C)CC1. The summed E-state index contributed by atoms with van der Waals surface area (Å²) in [7, 11) is 0. The van der Waals surface area contributed by atoms with E-state index in [1.54, 1.807) is 18.5 Å². The molecule has 1 N–H and O–H groups in total. The molecule has 2 aromatic rings. The van der Waals surface area contributed by atoms with Crippen LogP contribution in [0.1, 0.15) is 31.7 Å². The molecule has 2 heterocycles. The second-order valence-corrected chi connectivity index (χ2v) is 9.04. The number of carbonyl (C=O) groups is 2. The molecule has 1 aliphatic heterocycles. The van der Waals surface area contributed by atoms with Crippen LogP contribution in [0.4, 0.5) is 0 Å². The fourth-order valence-corrected chi connectivity index (χ4v) is 4.69. The summed E-state index contributed by atoms with van der Waals surface area (Å²) in [6.45, 7) is 7.61. The molecule has 31 heavy (non-hydrogen) atoms. The molecule has 1 aromatic carbocycles. The minimum Gasteiger partial charge on any atom is -0.352 e. The number of rotatable bonds is 7. The number of hydrogen-bond donors (Lipinski definition) is 1. The molecule has 4 rings (SSSR count). The van der Waals surface area contributed by atoms with E-state index >= 15 is 0 Å². The van der Waals surface area contributed by atoms with Crippen LogP contribution in [0.15, 0.2) is 61.4 Å². The largest absolute Gasteiger partial charge is 0.352 e. The summed E-state index contributed by atoms with van der Waals surface area (Å²) >= 11 is 0. The van der Waals surface area contributed by atoms with Crippen molar-refractivity contribution in [1.82, 2.24) is 15.2 Å². The van der Waals surface area contributed by atoms with E-state index in [1.807, 2.05) is 23.1 Å². The Morgan fingerprint density at radius 1 is 1.19 bits per heavy atom. The van der Waals surface area contributed by atoms with E-state index in [9.17, 15) is 9.59 Å². The van der Waals surface area contributed by atoms with Crippen LogP contribution in [-0.4, -0.2) is 41.3 Å². The van der Waals surface area contributed by atoms with Gasteiger partial charge in [-0.1, -0.05) is 37.3 Å². The molecule has 5 nitrogen and oxygen atoms in total. The molecule has 5 heteroatoms. The van der Waals surface area contributed by atoms with Crippen molar-refractivity contribution >= 4 is 11.8 Å². The van der Waals surface area contributed by atoms with Crippen LogP contribution in [-0.2, 0) is 16.0 Å². The van der Waals surface area contributed by atoms with Crippen molar-refractivity contribution in [3.63, 3.8) is 0 Å².